The molecular formula is C25H34N6O. The number of imidazole rings is 1. The van der Waals surface area contributed by atoms with Gasteiger partial charge in [-0.25, -0.2) is 4.98 Å². The molecule has 1 aliphatic rings. The Kier molecular flexibility index (Phi) is 7.87. The van der Waals surface area contributed by atoms with Crippen LogP contribution in [0, 0.1) is 0 Å². The molecule has 0 radical (unpaired) electrons. The van der Waals surface area contributed by atoms with E-state index >= 15 is 0 Å². The number of benzene rings is 1. The fourth-order valence-corrected chi connectivity index (χ4v) is 4.43. The predicted molar refractivity (Wildman–Crippen MR) is 126 cm³/mol. The second-order valence-corrected chi connectivity index (χ2v) is 8.75. The topological polar surface area (TPSA) is 89.1 Å². The Morgan fingerprint density at radius 2 is 1.66 bits per heavy atom. The van der Waals surface area contributed by atoms with Crippen molar-refractivity contribution in [3.63, 3.8) is 0 Å². The van der Waals surface area contributed by atoms with Crippen molar-refractivity contribution >= 4 is 0 Å². The first-order chi connectivity index (χ1) is 15.7. The minimum atomic E-state index is 0.250. The van der Waals surface area contributed by atoms with Gasteiger partial charge in [0.05, 0.1) is 12.2 Å². The van der Waals surface area contributed by atoms with Gasteiger partial charge >= 0.3 is 0 Å². The SMILES string of the molecule is CN(Cc1ccc(CN[C@@H]2CCCC[C@@H]2NCc2ncc[nH]2)cc1)Cc1ncccc1O. The average molecular weight is 435 g/mol. The van der Waals surface area contributed by atoms with Gasteiger partial charge in [-0.05, 0) is 43.1 Å². The molecule has 2 heterocycles. The van der Waals surface area contributed by atoms with E-state index in [9.17, 15) is 5.11 Å². The van der Waals surface area contributed by atoms with Crippen LogP contribution in [0.4, 0.5) is 0 Å². The van der Waals surface area contributed by atoms with Crippen LogP contribution in [0.2, 0.25) is 0 Å². The zero-order valence-corrected chi connectivity index (χ0v) is 18.8. The van der Waals surface area contributed by atoms with Crippen LogP contribution in [0.1, 0.15) is 48.3 Å². The number of hydrogen-bond donors (Lipinski definition) is 4. The van der Waals surface area contributed by atoms with E-state index in [0.717, 1.165) is 25.5 Å². The number of aromatic hydroxyl groups is 1. The standard InChI is InChI=1S/C25H34N6O/c1-31(18-23-24(32)7-4-12-26-23)17-20-10-8-19(9-11-20)15-29-21-5-2-3-6-22(21)30-16-25-27-13-14-28-25/h4,7-14,21-22,29-30,32H,2-3,5-6,15-18H2,1H3,(H,27,28)/t21-,22+/m1/s1. The molecule has 7 heteroatoms. The second kappa shape index (κ2) is 11.2. The number of pyridine rings is 1. The maximum atomic E-state index is 9.92. The highest BCUT2D eigenvalue weighted by molar-refractivity contribution is 5.25. The average Bonchev–Trinajstić information content (AvgIpc) is 3.33. The first-order valence-electron chi connectivity index (χ1n) is 11.5. The summed E-state index contributed by atoms with van der Waals surface area (Å²) in [5.74, 6) is 1.24. The Bertz CT molecular complexity index is 943. The van der Waals surface area contributed by atoms with Gasteiger partial charge in [0.1, 0.15) is 11.6 Å². The molecule has 7 nitrogen and oxygen atoms in total. The summed E-state index contributed by atoms with van der Waals surface area (Å²) in [6.45, 7) is 3.09. The fraction of sp³-hybridized carbons (Fsp3) is 0.440. The van der Waals surface area contributed by atoms with Crippen molar-refractivity contribution in [3.8, 4) is 5.75 Å². The lowest BCUT2D eigenvalue weighted by Crippen LogP contribution is -2.49. The number of aromatic amines is 1. The largest absolute Gasteiger partial charge is 0.506 e. The Morgan fingerprint density at radius 1 is 0.938 bits per heavy atom. The highest BCUT2D eigenvalue weighted by atomic mass is 16.3. The van der Waals surface area contributed by atoms with E-state index in [2.05, 4.69) is 54.8 Å². The molecule has 4 N–H and O–H groups in total. The third-order valence-electron chi connectivity index (χ3n) is 6.18. The molecule has 2 aromatic heterocycles. The molecule has 4 rings (SSSR count). The van der Waals surface area contributed by atoms with Gasteiger partial charge in [0, 0.05) is 50.3 Å². The molecule has 0 amide bonds. The van der Waals surface area contributed by atoms with Crippen LogP contribution in [0.25, 0.3) is 0 Å². The molecule has 1 aliphatic carbocycles. The van der Waals surface area contributed by atoms with E-state index in [4.69, 9.17) is 0 Å². The van der Waals surface area contributed by atoms with Crippen molar-refractivity contribution in [3.05, 3.63) is 77.6 Å². The van der Waals surface area contributed by atoms with Crippen molar-refractivity contribution in [2.75, 3.05) is 7.05 Å². The van der Waals surface area contributed by atoms with Crippen LogP contribution in [0.5, 0.6) is 5.75 Å². The summed E-state index contributed by atoms with van der Waals surface area (Å²) in [7, 11) is 2.04. The molecule has 0 spiro atoms. The van der Waals surface area contributed by atoms with Crippen LogP contribution in [-0.2, 0) is 26.2 Å². The van der Waals surface area contributed by atoms with E-state index in [0.29, 0.717) is 24.3 Å². The first kappa shape index (κ1) is 22.5. The van der Waals surface area contributed by atoms with Gasteiger partial charge in [-0.1, -0.05) is 37.1 Å². The number of nitrogens with one attached hydrogen (secondary N) is 3. The maximum absolute atomic E-state index is 9.92. The number of H-pyrrole nitrogens is 1. The molecule has 1 fully saturated rings. The van der Waals surface area contributed by atoms with Gasteiger partial charge < -0.3 is 20.7 Å². The third-order valence-corrected chi connectivity index (χ3v) is 6.18. The van der Waals surface area contributed by atoms with Gasteiger partial charge in [-0.3, -0.25) is 9.88 Å². The Balaban J connectivity index is 1.25. The molecule has 0 bridgehead atoms. The minimum Gasteiger partial charge on any atom is -0.506 e. The molecule has 0 saturated heterocycles. The molecule has 32 heavy (non-hydrogen) atoms. The second-order valence-electron chi connectivity index (χ2n) is 8.75. The van der Waals surface area contributed by atoms with E-state index in [1.54, 1.807) is 24.5 Å². The van der Waals surface area contributed by atoms with Crippen LogP contribution in [0.3, 0.4) is 0 Å². The maximum Gasteiger partial charge on any atom is 0.138 e. The first-order valence-corrected chi connectivity index (χ1v) is 11.5. The Hall–Kier alpha value is -2.74. The molecule has 0 aliphatic heterocycles. The van der Waals surface area contributed by atoms with Gasteiger partial charge in [0.2, 0.25) is 0 Å². The Labute approximate surface area is 190 Å². The molecule has 0 unspecified atom stereocenters. The van der Waals surface area contributed by atoms with Gasteiger partial charge in [0.15, 0.2) is 0 Å². The quantitative estimate of drug-likeness (QED) is 0.391. The lowest BCUT2D eigenvalue weighted by Gasteiger charge is -2.33. The highest BCUT2D eigenvalue weighted by Gasteiger charge is 2.24. The van der Waals surface area contributed by atoms with Gasteiger partial charge in [0.25, 0.3) is 0 Å². The molecule has 1 saturated carbocycles. The summed E-state index contributed by atoms with van der Waals surface area (Å²) in [4.78, 5) is 13.9. The van der Waals surface area contributed by atoms with Crippen LogP contribution in [0.15, 0.2) is 55.0 Å². The molecule has 2 atom stereocenters. The van der Waals surface area contributed by atoms with E-state index in [-0.39, 0.29) is 5.75 Å². The highest BCUT2D eigenvalue weighted by Crippen LogP contribution is 2.20. The van der Waals surface area contributed by atoms with E-state index in [1.807, 2.05) is 13.2 Å². The van der Waals surface area contributed by atoms with Crippen molar-refractivity contribution < 1.29 is 5.11 Å². The van der Waals surface area contributed by atoms with Crippen molar-refractivity contribution in [2.24, 2.45) is 0 Å². The van der Waals surface area contributed by atoms with Crippen LogP contribution < -0.4 is 10.6 Å². The lowest BCUT2D eigenvalue weighted by molar-refractivity contribution is 0.280. The zero-order valence-electron chi connectivity index (χ0n) is 18.8. The number of aromatic nitrogens is 3. The summed E-state index contributed by atoms with van der Waals surface area (Å²) in [5.41, 5.74) is 3.26. The van der Waals surface area contributed by atoms with Crippen LogP contribution >= 0.6 is 0 Å². The van der Waals surface area contributed by atoms with Gasteiger partial charge in [-0.15, -0.1) is 0 Å². The molecule has 3 aromatic rings. The van der Waals surface area contributed by atoms with Crippen molar-refractivity contribution in [2.45, 2.75) is 63.9 Å². The third kappa shape index (κ3) is 6.38. The predicted octanol–water partition coefficient (Wildman–Crippen LogP) is 3.33. The minimum absolute atomic E-state index is 0.250. The lowest BCUT2D eigenvalue weighted by atomic mass is 9.90. The summed E-state index contributed by atoms with van der Waals surface area (Å²) in [6.07, 6.45) is 10.4. The van der Waals surface area contributed by atoms with Gasteiger partial charge in [-0.2, -0.15) is 0 Å². The normalized spacial score (nSPS) is 18.8. The summed E-state index contributed by atoms with van der Waals surface area (Å²) < 4.78 is 0. The molecule has 1 aromatic carbocycles. The number of rotatable bonds is 10. The smallest absolute Gasteiger partial charge is 0.138 e. The summed E-state index contributed by atoms with van der Waals surface area (Å²) in [6, 6.07) is 13.2. The summed E-state index contributed by atoms with van der Waals surface area (Å²) in [5, 5.41) is 17.4. The van der Waals surface area contributed by atoms with Crippen molar-refractivity contribution in [1.82, 2.24) is 30.5 Å². The summed E-state index contributed by atoms with van der Waals surface area (Å²) >= 11 is 0. The number of nitrogens with zero attached hydrogens (tertiary/aromatic N) is 3. The Morgan fingerprint density at radius 3 is 2.34 bits per heavy atom. The van der Waals surface area contributed by atoms with E-state index < -0.39 is 0 Å². The molecule has 170 valence electrons. The van der Waals surface area contributed by atoms with Crippen LogP contribution in [-0.4, -0.2) is 44.1 Å². The molecular weight excluding hydrogens is 400 g/mol. The number of hydrogen-bond acceptors (Lipinski definition) is 6. The monoisotopic (exact) mass is 434 g/mol. The zero-order chi connectivity index (χ0) is 22.2. The van der Waals surface area contributed by atoms with Crippen molar-refractivity contribution in [1.29, 1.82) is 0 Å². The fourth-order valence-electron chi connectivity index (χ4n) is 4.43. The van der Waals surface area contributed by atoms with E-state index in [1.165, 1.54) is 36.8 Å².